The first-order valence-corrected chi connectivity index (χ1v) is 6.81. The monoisotopic (exact) mass is 258 g/mol. The van der Waals surface area contributed by atoms with Gasteiger partial charge in [-0.1, -0.05) is 0 Å². The Balaban J connectivity index is 2.37. The Kier molecular flexibility index (Phi) is 3.32. The molecule has 0 radical (unpaired) electrons. The number of hydrogen-bond acceptors (Lipinski definition) is 4. The molecule has 2 rings (SSSR count). The number of rotatable bonds is 2. The first kappa shape index (κ1) is 12.3. The molecule has 6 nitrogen and oxygen atoms in total. The number of aromatic amines is 1. The molecule has 0 bridgehead atoms. The molecule has 2 heterocycles. The molecule has 1 aliphatic rings. The standard InChI is InChI=1S/C10H14N2O4S/c13-8-2-1-5-12(7-8)17(15,16)10-6-11-4-3-9(10)14/h3-4,6,8,13H,1-2,5,7H2,(H,11,14)/t8-/m0/s1. The second-order valence-electron chi connectivity index (χ2n) is 4.03. The van der Waals surface area contributed by atoms with Crippen molar-refractivity contribution in [2.75, 3.05) is 13.1 Å². The maximum Gasteiger partial charge on any atom is 0.248 e. The molecule has 1 atom stereocenters. The minimum absolute atomic E-state index is 0.0522. The molecule has 0 spiro atoms. The molecule has 17 heavy (non-hydrogen) atoms. The average molecular weight is 258 g/mol. The minimum atomic E-state index is -3.80. The van der Waals surface area contributed by atoms with Crippen molar-refractivity contribution in [3.63, 3.8) is 0 Å². The largest absolute Gasteiger partial charge is 0.392 e. The van der Waals surface area contributed by atoms with Gasteiger partial charge in [0.25, 0.3) is 0 Å². The van der Waals surface area contributed by atoms with Gasteiger partial charge in [0.1, 0.15) is 4.90 Å². The first-order chi connectivity index (χ1) is 8.01. The van der Waals surface area contributed by atoms with Gasteiger partial charge in [0.2, 0.25) is 15.5 Å². The lowest BCUT2D eigenvalue weighted by Crippen LogP contribution is -2.43. The number of piperidine rings is 1. The van der Waals surface area contributed by atoms with E-state index < -0.39 is 21.6 Å². The van der Waals surface area contributed by atoms with Crippen molar-refractivity contribution in [3.8, 4) is 0 Å². The van der Waals surface area contributed by atoms with Crippen LogP contribution in [-0.2, 0) is 10.0 Å². The Morgan fingerprint density at radius 1 is 1.47 bits per heavy atom. The van der Waals surface area contributed by atoms with Crippen LogP contribution in [0.25, 0.3) is 0 Å². The van der Waals surface area contributed by atoms with E-state index in [0.717, 1.165) is 4.31 Å². The zero-order chi connectivity index (χ0) is 12.5. The lowest BCUT2D eigenvalue weighted by Gasteiger charge is -2.28. The van der Waals surface area contributed by atoms with Crippen LogP contribution in [0.4, 0.5) is 0 Å². The molecule has 1 aliphatic heterocycles. The number of aliphatic hydroxyl groups excluding tert-OH is 1. The van der Waals surface area contributed by atoms with E-state index in [1.165, 1.54) is 18.5 Å². The third-order valence-electron chi connectivity index (χ3n) is 2.77. The zero-order valence-corrected chi connectivity index (χ0v) is 9.98. The maximum absolute atomic E-state index is 12.1. The van der Waals surface area contributed by atoms with Crippen LogP contribution in [0.3, 0.4) is 0 Å². The molecule has 1 aromatic heterocycles. The molecule has 0 amide bonds. The topological polar surface area (TPSA) is 90.5 Å². The van der Waals surface area contributed by atoms with Gasteiger partial charge < -0.3 is 10.1 Å². The lowest BCUT2D eigenvalue weighted by atomic mass is 10.1. The van der Waals surface area contributed by atoms with Gasteiger partial charge in [-0.3, -0.25) is 4.79 Å². The summed E-state index contributed by atoms with van der Waals surface area (Å²) in [6, 6.07) is 1.17. The van der Waals surface area contributed by atoms with Gasteiger partial charge in [0.05, 0.1) is 6.10 Å². The second kappa shape index (κ2) is 4.59. The van der Waals surface area contributed by atoms with E-state index in [2.05, 4.69) is 4.98 Å². The van der Waals surface area contributed by atoms with Crippen LogP contribution in [0.5, 0.6) is 0 Å². The van der Waals surface area contributed by atoms with Crippen LogP contribution in [0, 0.1) is 0 Å². The number of β-amino-alcohol motifs (C(OH)–C–C–N with tert-alkyl or cyclic N) is 1. The van der Waals surface area contributed by atoms with Crippen LogP contribution in [0.15, 0.2) is 28.2 Å². The Hall–Kier alpha value is -1.18. The summed E-state index contributed by atoms with van der Waals surface area (Å²) in [5, 5.41) is 9.47. The van der Waals surface area contributed by atoms with E-state index in [9.17, 15) is 18.3 Å². The highest BCUT2D eigenvalue weighted by molar-refractivity contribution is 7.89. The van der Waals surface area contributed by atoms with Gasteiger partial charge in [-0.15, -0.1) is 0 Å². The fourth-order valence-electron chi connectivity index (χ4n) is 1.88. The molecule has 94 valence electrons. The normalized spacial score (nSPS) is 22.5. The van der Waals surface area contributed by atoms with Crippen molar-refractivity contribution in [1.29, 1.82) is 0 Å². The number of aromatic nitrogens is 1. The number of aliphatic hydroxyl groups is 1. The van der Waals surface area contributed by atoms with Gasteiger partial charge in [-0.25, -0.2) is 8.42 Å². The summed E-state index contributed by atoms with van der Waals surface area (Å²) in [5.74, 6) is 0. The van der Waals surface area contributed by atoms with Gasteiger partial charge in [0, 0.05) is 31.5 Å². The first-order valence-electron chi connectivity index (χ1n) is 5.37. The Morgan fingerprint density at radius 2 is 2.24 bits per heavy atom. The van der Waals surface area contributed by atoms with Crippen LogP contribution >= 0.6 is 0 Å². The Bertz CT molecular complexity index is 551. The number of H-pyrrole nitrogens is 1. The summed E-state index contributed by atoms with van der Waals surface area (Å²) in [7, 11) is -3.80. The highest BCUT2D eigenvalue weighted by Crippen LogP contribution is 2.17. The molecule has 0 aliphatic carbocycles. The van der Waals surface area contributed by atoms with E-state index >= 15 is 0 Å². The van der Waals surface area contributed by atoms with Crippen LogP contribution in [-0.4, -0.2) is 42.0 Å². The summed E-state index contributed by atoms with van der Waals surface area (Å²) in [4.78, 5) is 13.8. The molecule has 1 saturated heterocycles. The third-order valence-corrected chi connectivity index (χ3v) is 4.65. The fourth-order valence-corrected chi connectivity index (χ4v) is 3.44. The van der Waals surface area contributed by atoms with E-state index in [1.54, 1.807) is 0 Å². The van der Waals surface area contributed by atoms with Gasteiger partial charge in [-0.2, -0.15) is 4.31 Å². The second-order valence-corrected chi connectivity index (χ2v) is 5.94. The van der Waals surface area contributed by atoms with Crippen LogP contribution < -0.4 is 5.43 Å². The molecule has 0 unspecified atom stereocenters. The van der Waals surface area contributed by atoms with Crippen LogP contribution in [0.1, 0.15) is 12.8 Å². The summed E-state index contributed by atoms with van der Waals surface area (Å²) in [5.41, 5.74) is -0.538. The van der Waals surface area contributed by atoms with Crippen molar-refractivity contribution in [2.45, 2.75) is 23.8 Å². The van der Waals surface area contributed by atoms with E-state index in [0.29, 0.717) is 19.4 Å². The maximum atomic E-state index is 12.1. The number of hydrogen-bond donors (Lipinski definition) is 2. The number of nitrogens with zero attached hydrogens (tertiary/aromatic N) is 1. The van der Waals surface area contributed by atoms with Gasteiger partial charge in [-0.05, 0) is 12.8 Å². The molecule has 1 aromatic rings. The van der Waals surface area contributed by atoms with E-state index in [-0.39, 0.29) is 11.4 Å². The third kappa shape index (κ3) is 2.41. The lowest BCUT2D eigenvalue weighted by molar-refractivity contribution is 0.108. The molecule has 0 aromatic carbocycles. The summed E-state index contributed by atoms with van der Waals surface area (Å²) in [6.45, 7) is 0.393. The van der Waals surface area contributed by atoms with Crippen molar-refractivity contribution >= 4 is 10.0 Å². The molecule has 7 heteroatoms. The molecule has 0 saturated carbocycles. The van der Waals surface area contributed by atoms with Crippen molar-refractivity contribution in [3.05, 3.63) is 28.7 Å². The Morgan fingerprint density at radius 3 is 2.88 bits per heavy atom. The zero-order valence-electron chi connectivity index (χ0n) is 9.17. The van der Waals surface area contributed by atoms with Gasteiger partial charge in [0.15, 0.2) is 0 Å². The van der Waals surface area contributed by atoms with E-state index in [1.807, 2.05) is 0 Å². The number of pyridine rings is 1. The van der Waals surface area contributed by atoms with Crippen molar-refractivity contribution < 1.29 is 13.5 Å². The van der Waals surface area contributed by atoms with Crippen molar-refractivity contribution in [2.24, 2.45) is 0 Å². The quantitative estimate of drug-likeness (QED) is 0.749. The van der Waals surface area contributed by atoms with Crippen molar-refractivity contribution in [1.82, 2.24) is 9.29 Å². The van der Waals surface area contributed by atoms with Crippen LogP contribution in [0.2, 0.25) is 0 Å². The molecule has 1 fully saturated rings. The molecular weight excluding hydrogens is 244 g/mol. The highest BCUT2D eigenvalue weighted by Gasteiger charge is 2.30. The summed E-state index contributed by atoms with van der Waals surface area (Å²) in [6.07, 6.45) is 3.11. The average Bonchev–Trinajstić information content (AvgIpc) is 2.29. The highest BCUT2D eigenvalue weighted by atomic mass is 32.2. The summed E-state index contributed by atoms with van der Waals surface area (Å²) >= 11 is 0. The smallest absolute Gasteiger partial charge is 0.248 e. The fraction of sp³-hybridized carbons (Fsp3) is 0.500. The van der Waals surface area contributed by atoms with Gasteiger partial charge >= 0.3 is 0 Å². The summed E-state index contributed by atoms with van der Waals surface area (Å²) < 4.78 is 25.5. The molecule has 2 N–H and O–H groups in total. The number of sulfonamides is 1. The minimum Gasteiger partial charge on any atom is -0.392 e. The van der Waals surface area contributed by atoms with E-state index in [4.69, 9.17) is 0 Å². The Labute approximate surface area is 98.9 Å². The number of nitrogens with one attached hydrogen (secondary N) is 1. The predicted octanol–water partition coefficient (Wildman–Crippen LogP) is -0.480. The SMILES string of the molecule is O=c1cc[nH]cc1S(=O)(=O)N1CCC[C@H](O)C1. The predicted molar refractivity (Wildman–Crippen MR) is 61.1 cm³/mol. The molecular formula is C10H14N2O4S.